The van der Waals surface area contributed by atoms with Gasteiger partial charge in [0, 0.05) is 23.4 Å². The molecule has 0 aromatic carbocycles. The van der Waals surface area contributed by atoms with Gasteiger partial charge in [0.1, 0.15) is 0 Å². The van der Waals surface area contributed by atoms with Crippen LogP contribution in [-0.2, 0) is 11.3 Å². The predicted molar refractivity (Wildman–Crippen MR) is 120 cm³/mol. The van der Waals surface area contributed by atoms with Crippen molar-refractivity contribution in [3.8, 4) is 0 Å². The molecule has 1 heterocycles. The number of fused-ring (bicyclic) bond motifs is 1. The van der Waals surface area contributed by atoms with E-state index >= 15 is 0 Å². The topological polar surface area (TPSA) is 90.5 Å². The molecule has 2 aliphatic carbocycles. The number of nitrogens with one attached hydrogen (secondary N) is 3. The summed E-state index contributed by atoms with van der Waals surface area (Å²) in [6, 6.07) is 3.91. The van der Waals surface area contributed by atoms with Crippen LogP contribution in [0.5, 0.6) is 0 Å². The zero-order valence-electron chi connectivity index (χ0n) is 18.6. The van der Waals surface area contributed by atoms with E-state index in [0.29, 0.717) is 13.1 Å². The Labute approximate surface area is 184 Å². The number of urea groups is 1. The lowest BCUT2D eigenvalue weighted by Crippen LogP contribution is -2.59. The predicted octanol–water partition coefficient (Wildman–Crippen LogP) is 3.51. The molecular formula is C23H37N3O3S. The van der Waals surface area contributed by atoms with E-state index in [0.717, 1.165) is 30.6 Å². The lowest BCUT2D eigenvalue weighted by atomic mass is 9.52. The van der Waals surface area contributed by atoms with Crippen molar-refractivity contribution in [3.63, 3.8) is 0 Å². The van der Waals surface area contributed by atoms with Gasteiger partial charge in [-0.25, -0.2) is 4.79 Å². The highest BCUT2D eigenvalue weighted by atomic mass is 32.1. The van der Waals surface area contributed by atoms with E-state index in [1.807, 2.05) is 31.4 Å². The van der Waals surface area contributed by atoms with Crippen LogP contribution in [0.4, 0.5) is 4.79 Å². The van der Waals surface area contributed by atoms with Gasteiger partial charge in [0.05, 0.1) is 12.6 Å². The van der Waals surface area contributed by atoms with Crippen LogP contribution in [0.1, 0.15) is 58.3 Å². The molecule has 7 heteroatoms. The highest BCUT2D eigenvalue weighted by Crippen LogP contribution is 2.55. The van der Waals surface area contributed by atoms with Crippen LogP contribution in [0.2, 0.25) is 0 Å². The average molecular weight is 436 g/mol. The summed E-state index contributed by atoms with van der Waals surface area (Å²) in [5, 5.41) is 22.4. The fraction of sp³-hybridized carbons (Fsp3) is 0.739. The van der Waals surface area contributed by atoms with Gasteiger partial charge in [-0.2, -0.15) is 0 Å². The quantitative estimate of drug-likeness (QED) is 0.551. The maximum atomic E-state index is 12.8. The minimum Gasteiger partial charge on any atom is -0.392 e. The van der Waals surface area contributed by atoms with Gasteiger partial charge in [-0.15, -0.1) is 11.3 Å². The molecule has 2 saturated carbocycles. The lowest BCUT2D eigenvalue weighted by Gasteiger charge is -2.56. The van der Waals surface area contributed by atoms with Gasteiger partial charge in [0.15, 0.2) is 0 Å². The van der Waals surface area contributed by atoms with E-state index in [9.17, 15) is 14.7 Å². The summed E-state index contributed by atoms with van der Waals surface area (Å²) in [5.74, 6) is -0.0583. The third kappa shape index (κ3) is 4.83. The van der Waals surface area contributed by atoms with Crippen molar-refractivity contribution in [2.45, 2.75) is 72.1 Å². The summed E-state index contributed by atoms with van der Waals surface area (Å²) in [6.45, 7) is 9.40. The number of hydrogen-bond donors (Lipinski definition) is 4. The first-order valence-corrected chi connectivity index (χ1v) is 12.2. The normalized spacial score (nSPS) is 34.5. The van der Waals surface area contributed by atoms with Crippen molar-refractivity contribution >= 4 is 23.3 Å². The minimum atomic E-state index is -0.542. The van der Waals surface area contributed by atoms with Crippen LogP contribution < -0.4 is 16.0 Å². The smallest absolute Gasteiger partial charge is 0.315 e. The third-order valence-electron chi connectivity index (χ3n) is 7.61. The number of thiophene rings is 1. The van der Waals surface area contributed by atoms with Crippen LogP contribution in [0.25, 0.3) is 0 Å². The summed E-state index contributed by atoms with van der Waals surface area (Å²) in [4.78, 5) is 26.0. The maximum Gasteiger partial charge on any atom is 0.315 e. The Hall–Kier alpha value is -1.60. The van der Waals surface area contributed by atoms with Crippen molar-refractivity contribution in [2.75, 3.05) is 6.54 Å². The molecule has 1 aromatic heterocycles. The summed E-state index contributed by atoms with van der Waals surface area (Å²) >= 11 is 1.63. The third-order valence-corrected chi connectivity index (χ3v) is 8.49. The van der Waals surface area contributed by atoms with Crippen molar-refractivity contribution in [1.29, 1.82) is 0 Å². The molecule has 3 amide bonds. The molecule has 0 spiro atoms. The van der Waals surface area contributed by atoms with E-state index < -0.39 is 6.10 Å². The number of carbonyl (C=O) groups excluding carboxylic acids is 2. The molecule has 0 saturated heterocycles. The first-order valence-electron chi connectivity index (χ1n) is 11.3. The molecule has 2 aliphatic rings. The molecule has 1 aromatic rings. The highest BCUT2D eigenvalue weighted by molar-refractivity contribution is 7.09. The monoisotopic (exact) mass is 435 g/mol. The van der Waals surface area contributed by atoms with E-state index in [1.54, 1.807) is 11.3 Å². The van der Waals surface area contributed by atoms with E-state index in [-0.39, 0.29) is 47.1 Å². The number of aliphatic hydroxyl groups excluding tert-OH is 1. The fourth-order valence-electron chi connectivity index (χ4n) is 5.82. The van der Waals surface area contributed by atoms with Gasteiger partial charge in [-0.3, -0.25) is 4.79 Å². The molecule has 4 N–H and O–H groups in total. The Morgan fingerprint density at radius 2 is 2.03 bits per heavy atom. The van der Waals surface area contributed by atoms with E-state index in [4.69, 9.17) is 0 Å². The Morgan fingerprint density at radius 1 is 1.30 bits per heavy atom. The minimum absolute atomic E-state index is 0.0107. The largest absolute Gasteiger partial charge is 0.392 e. The van der Waals surface area contributed by atoms with Crippen LogP contribution in [0.3, 0.4) is 0 Å². The van der Waals surface area contributed by atoms with Crippen molar-refractivity contribution in [1.82, 2.24) is 16.0 Å². The summed E-state index contributed by atoms with van der Waals surface area (Å²) in [6.07, 6.45) is 3.25. The van der Waals surface area contributed by atoms with Gasteiger partial charge in [0.2, 0.25) is 5.91 Å². The average Bonchev–Trinajstić information content (AvgIpc) is 3.22. The Bertz CT molecular complexity index is 725. The molecule has 0 unspecified atom stereocenters. The zero-order valence-corrected chi connectivity index (χ0v) is 19.4. The Morgan fingerprint density at radius 3 is 2.70 bits per heavy atom. The van der Waals surface area contributed by atoms with Crippen LogP contribution in [-0.4, -0.2) is 35.7 Å². The summed E-state index contributed by atoms with van der Waals surface area (Å²) in [7, 11) is 0. The summed E-state index contributed by atoms with van der Waals surface area (Å²) < 4.78 is 0. The molecule has 6 nitrogen and oxygen atoms in total. The molecule has 168 valence electrons. The molecule has 0 aliphatic heterocycles. The fourth-order valence-corrected chi connectivity index (χ4v) is 6.46. The number of rotatable bonds is 6. The van der Waals surface area contributed by atoms with Gasteiger partial charge in [-0.1, -0.05) is 26.8 Å². The standard InChI is InChI=1S/C23H37N3O3S/c1-5-24-22(29)26-18-9-11-23(4)10-8-17(20(27)19(23)15(18)3)14(2)21(28)25-13-16-7-6-12-30-16/h6-7,12,14-15,17-20,27H,5,8-11,13H2,1-4H3,(H,25,28)(H2,24,26,29)/t14-,15+,17+,18-,19+,20-,23-/m0/s1. The second kappa shape index (κ2) is 9.69. The van der Waals surface area contributed by atoms with Gasteiger partial charge in [-0.05, 0) is 67.2 Å². The molecule has 0 bridgehead atoms. The second-order valence-corrected chi connectivity index (χ2v) is 10.5. The first kappa shape index (κ1) is 23.1. The van der Waals surface area contributed by atoms with Gasteiger partial charge < -0.3 is 21.1 Å². The van der Waals surface area contributed by atoms with Gasteiger partial charge in [0.25, 0.3) is 0 Å². The van der Waals surface area contributed by atoms with Crippen LogP contribution in [0.15, 0.2) is 17.5 Å². The number of hydrogen-bond acceptors (Lipinski definition) is 4. The van der Waals surface area contributed by atoms with Crippen molar-refractivity contribution in [3.05, 3.63) is 22.4 Å². The second-order valence-electron chi connectivity index (χ2n) is 9.47. The lowest BCUT2D eigenvalue weighted by molar-refractivity contribution is -0.142. The number of amides is 3. The maximum absolute atomic E-state index is 12.8. The van der Waals surface area contributed by atoms with E-state index in [1.165, 1.54) is 0 Å². The zero-order chi connectivity index (χ0) is 21.9. The molecule has 0 radical (unpaired) electrons. The van der Waals surface area contributed by atoms with Crippen molar-refractivity contribution < 1.29 is 14.7 Å². The molecule has 2 fully saturated rings. The molecule has 3 rings (SSSR count). The Kier molecular flexibility index (Phi) is 7.45. The number of aliphatic hydroxyl groups is 1. The van der Waals surface area contributed by atoms with Gasteiger partial charge >= 0.3 is 6.03 Å². The molecule has 30 heavy (non-hydrogen) atoms. The summed E-state index contributed by atoms with van der Waals surface area (Å²) in [5.41, 5.74) is 0.0575. The Balaban J connectivity index is 1.66. The van der Waals surface area contributed by atoms with E-state index in [2.05, 4.69) is 29.8 Å². The van der Waals surface area contributed by atoms with Crippen LogP contribution >= 0.6 is 11.3 Å². The highest BCUT2D eigenvalue weighted by Gasteiger charge is 2.53. The first-order chi connectivity index (χ1) is 14.3. The SMILES string of the molecule is CCNC(=O)N[C@H]1CC[C@]2(C)CC[C@H]([C@H](C)C(=O)NCc3cccs3)[C@H](O)[C@H]2[C@@H]1C. The molecular weight excluding hydrogens is 398 g/mol. The number of carbonyl (C=O) groups is 2. The van der Waals surface area contributed by atoms with Crippen LogP contribution in [0, 0.1) is 29.1 Å². The molecule has 7 atom stereocenters. The van der Waals surface area contributed by atoms with Crippen molar-refractivity contribution in [2.24, 2.45) is 29.1 Å².